The first-order valence-corrected chi connectivity index (χ1v) is 5.58. The van der Waals surface area contributed by atoms with E-state index in [0.29, 0.717) is 12.5 Å². The van der Waals surface area contributed by atoms with Crippen molar-refractivity contribution in [3.05, 3.63) is 28.8 Å². The van der Waals surface area contributed by atoms with Gasteiger partial charge in [0, 0.05) is 0 Å². The van der Waals surface area contributed by atoms with Gasteiger partial charge in [-0.3, -0.25) is 4.79 Å². The van der Waals surface area contributed by atoms with Gasteiger partial charge in [-0.2, -0.15) is 13.2 Å². The zero-order valence-corrected chi connectivity index (χ0v) is 11.2. The van der Waals surface area contributed by atoms with Crippen LogP contribution in [-0.2, 0) is 0 Å². The van der Waals surface area contributed by atoms with Crippen LogP contribution in [0.15, 0.2) is 12.1 Å². The average molecular weight is 275 g/mol. The highest BCUT2D eigenvalue weighted by atomic mass is 19.4. The Balaban J connectivity index is 3.40. The topological polar surface area (TPSA) is 52.3 Å². The molecule has 0 radical (unpaired) electrons. The van der Waals surface area contributed by atoms with Gasteiger partial charge in [-0.15, -0.1) is 0 Å². The Kier molecular flexibility index (Phi) is 3.95. The monoisotopic (exact) mass is 275 g/mol. The maximum atomic E-state index is 12.8. The van der Waals surface area contributed by atoms with Gasteiger partial charge in [-0.25, -0.2) is 0 Å². The molecule has 0 aromatic heterocycles. The van der Waals surface area contributed by atoms with Crippen molar-refractivity contribution in [3.8, 4) is 5.75 Å². The average Bonchev–Trinajstić information content (AvgIpc) is 2.30. The van der Waals surface area contributed by atoms with Crippen molar-refractivity contribution in [2.45, 2.75) is 32.5 Å². The van der Waals surface area contributed by atoms with E-state index in [9.17, 15) is 18.0 Å². The minimum atomic E-state index is -4.83. The molecule has 1 aromatic carbocycles. The molecule has 0 saturated heterocycles. The number of methoxy groups -OCH3 is 1. The molecule has 0 aliphatic rings. The second-order valence-corrected chi connectivity index (χ2v) is 4.62. The third-order valence-corrected chi connectivity index (χ3v) is 3.19. The molecule has 0 saturated carbocycles. The Morgan fingerprint density at radius 1 is 1.26 bits per heavy atom. The number of ether oxygens (including phenoxy) is 1. The van der Waals surface area contributed by atoms with Gasteiger partial charge in [0.1, 0.15) is 5.75 Å². The molecule has 0 bridgehead atoms. The number of rotatable bonds is 3. The number of carbonyl (C=O) groups is 1. The molecular weight excluding hydrogens is 259 g/mol. The van der Waals surface area contributed by atoms with Gasteiger partial charge < -0.3 is 10.5 Å². The third kappa shape index (κ3) is 2.58. The zero-order chi connectivity index (χ0) is 15.0. The molecule has 0 aliphatic carbocycles. The minimum absolute atomic E-state index is 0.130. The van der Waals surface area contributed by atoms with Crippen LogP contribution in [-0.4, -0.2) is 24.6 Å². The number of hydrogen-bond acceptors (Lipinski definition) is 3. The lowest BCUT2D eigenvalue weighted by Crippen LogP contribution is -2.57. The van der Waals surface area contributed by atoms with Crippen molar-refractivity contribution < 1.29 is 22.7 Å². The third-order valence-electron chi connectivity index (χ3n) is 3.19. The second kappa shape index (κ2) is 4.85. The van der Waals surface area contributed by atoms with Crippen LogP contribution < -0.4 is 10.5 Å². The quantitative estimate of drug-likeness (QED) is 0.863. The Bertz CT molecular complexity index is 507. The van der Waals surface area contributed by atoms with Gasteiger partial charge in [-0.05, 0) is 38.0 Å². The highest BCUT2D eigenvalue weighted by molar-refractivity contribution is 6.06. The number of ketones is 1. The standard InChI is InChI=1S/C13H16F3NO2/c1-7-5-6-9(10(19-4)8(7)2)11(18)12(3,17)13(14,15)16/h5-6H,17H2,1-4H3. The summed E-state index contributed by atoms with van der Waals surface area (Å²) in [6.45, 7) is 4.11. The molecule has 0 heterocycles. The van der Waals surface area contributed by atoms with Crippen molar-refractivity contribution in [1.29, 1.82) is 0 Å². The van der Waals surface area contributed by atoms with E-state index in [1.807, 2.05) is 0 Å². The molecule has 0 aliphatic heterocycles. The summed E-state index contributed by atoms with van der Waals surface area (Å²) >= 11 is 0. The Morgan fingerprint density at radius 3 is 2.21 bits per heavy atom. The van der Waals surface area contributed by atoms with Crippen LogP contribution in [0, 0.1) is 13.8 Å². The highest BCUT2D eigenvalue weighted by Gasteiger charge is 2.54. The van der Waals surface area contributed by atoms with Crippen LogP contribution in [0.25, 0.3) is 0 Å². The summed E-state index contributed by atoms with van der Waals surface area (Å²) in [4.78, 5) is 12.0. The van der Waals surface area contributed by atoms with E-state index in [1.54, 1.807) is 19.9 Å². The molecule has 1 atom stereocenters. The number of hydrogen-bond donors (Lipinski definition) is 1. The molecule has 0 fully saturated rings. The molecule has 106 valence electrons. The predicted molar refractivity (Wildman–Crippen MR) is 65.4 cm³/mol. The summed E-state index contributed by atoms with van der Waals surface area (Å²) in [6.07, 6.45) is -4.83. The number of carbonyl (C=O) groups excluding carboxylic acids is 1. The van der Waals surface area contributed by atoms with E-state index in [-0.39, 0.29) is 11.3 Å². The largest absolute Gasteiger partial charge is 0.496 e. The van der Waals surface area contributed by atoms with Crippen LogP contribution in [0.3, 0.4) is 0 Å². The lowest BCUT2D eigenvalue weighted by Gasteiger charge is -2.27. The maximum Gasteiger partial charge on any atom is 0.413 e. The van der Waals surface area contributed by atoms with E-state index < -0.39 is 17.5 Å². The Hall–Kier alpha value is -1.56. The van der Waals surface area contributed by atoms with E-state index in [2.05, 4.69) is 0 Å². The maximum absolute atomic E-state index is 12.8. The van der Waals surface area contributed by atoms with Gasteiger partial charge in [0.2, 0.25) is 0 Å². The van der Waals surface area contributed by atoms with Gasteiger partial charge >= 0.3 is 6.18 Å². The Labute approximate surface area is 109 Å². The van der Waals surface area contributed by atoms with Crippen molar-refractivity contribution in [1.82, 2.24) is 0 Å². The van der Waals surface area contributed by atoms with E-state index in [1.165, 1.54) is 13.2 Å². The van der Waals surface area contributed by atoms with Gasteiger partial charge in [-0.1, -0.05) is 6.07 Å². The smallest absolute Gasteiger partial charge is 0.413 e. The fourth-order valence-electron chi connectivity index (χ4n) is 1.64. The fourth-order valence-corrected chi connectivity index (χ4v) is 1.64. The normalized spacial score (nSPS) is 14.9. The fraction of sp³-hybridized carbons (Fsp3) is 0.462. The molecule has 1 rings (SSSR count). The minimum Gasteiger partial charge on any atom is -0.496 e. The second-order valence-electron chi connectivity index (χ2n) is 4.62. The lowest BCUT2D eigenvalue weighted by atomic mass is 9.89. The van der Waals surface area contributed by atoms with E-state index >= 15 is 0 Å². The SMILES string of the molecule is COc1c(C(=O)C(C)(N)C(F)(F)F)ccc(C)c1C. The van der Waals surface area contributed by atoms with Gasteiger partial charge in [0.05, 0.1) is 12.7 Å². The van der Waals surface area contributed by atoms with Crippen molar-refractivity contribution in [2.75, 3.05) is 7.11 Å². The van der Waals surface area contributed by atoms with Crippen molar-refractivity contribution in [2.24, 2.45) is 5.73 Å². The van der Waals surface area contributed by atoms with Crippen molar-refractivity contribution in [3.63, 3.8) is 0 Å². The van der Waals surface area contributed by atoms with E-state index in [4.69, 9.17) is 10.5 Å². The number of benzene rings is 1. The summed E-state index contributed by atoms with van der Waals surface area (Å²) in [7, 11) is 1.31. The number of nitrogens with two attached hydrogens (primary N) is 1. The molecule has 19 heavy (non-hydrogen) atoms. The van der Waals surface area contributed by atoms with E-state index in [0.717, 1.165) is 5.56 Å². The summed E-state index contributed by atoms with van der Waals surface area (Å²) in [6, 6.07) is 2.87. The first kappa shape index (κ1) is 15.5. The first-order chi connectivity index (χ1) is 8.54. The predicted octanol–water partition coefficient (Wildman–Crippen LogP) is 2.77. The highest BCUT2D eigenvalue weighted by Crippen LogP contribution is 2.35. The van der Waals surface area contributed by atoms with Crippen LogP contribution in [0.1, 0.15) is 28.4 Å². The van der Waals surface area contributed by atoms with Crippen LogP contribution in [0.2, 0.25) is 0 Å². The van der Waals surface area contributed by atoms with Crippen LogP contribution in [0.4, 0.5) is 13.2 Å². The zero-order valence-electron chi connectivity index (χ0n) is 11.2. The summed E-state index contributed by atoms with van der Waals surface area (Å²) < 4.78 is 43.4. The number of halogens is 3. The molecule has 0 amide bonds. The number of aryl methyl sites for hydroxylation is 1. The molecular formula is C13H16F3NO2. The molecule has 6 heteroatoms. The Morgan fingerprint density at radius 2 is 1.79 bits per heavy atom. The van der Waals surface area contributed by atoms with Crippen molar-refractivity contribution >= 4 is 5.78 Å². The summed E-state index contributed by atoms with van der Waals surface area (Å²) in [5.41, 5.74) is 3.48. The summed E-state index contributed by atoms with van der Waals surface area (Å²) in [5.74, 6) is -1.08. The summed E-state index contributed by atoms with van der Waals surface area (Å²) in [5, 5.41) is 0. The number of Topliss-reactive ketones (excluding diaryl/α,β-unsaturated/α-hetero) is 1. The molecule has 1 unspecified atom stereocenters. The van der Waals surface area contributed by atoms with Crippen LogP contribution in [0.5, 0.6) is 5.75 Å². The lowest BCUT2D eigenvalue weighted by molar-refractivity contribution is -0.165. The van der Waals surface area contributed by atoms with Gasteiger partial charge in [0.25, 0.3) is 0 Å². The molecule has 1 aromatic rings. The molecule has 0 spiro atoms. The molecule has 2 N–H and O–H groups in total. The van der Waals surface area contributed by atoms with Crippen LogP contribution >= 0.6 is 0 Å². The number of alkyl halides is 3. The van der Waals surface area contributed by atoms with Gasteiger partial charge in [0.15, 0.2) is 11.3 Å². The molecule has 3 nitrogen and oxygen atoms in total. The first-order valence-electron chi connectivity index (χ1n) is 5.58.